The van der Waals surface area contributed by atoms with Crippen LogP contribution in [0.4, 0.5) is 0 Å². The molecule has 0 radical (unpaired) electrons. The van der Waals surface area contributed by atoms with E-state index in [1.807, 2.05) is 18.2 Å². The molecule has 94 valence electrons. The maximum atomic E-state index is 11.4. The van der Waals surface area contributed by atoms with Crippen molar-refractivity contribution >= 4 is 27.7 Å². The van der Waals surface area contributed by atoms with Crippen LogP contribution in [0, 0.1) is 6.92 Å². The lowest BCUT2D eigenvalue weighted by atomic mass is 10.2. The maximum absolute atomic E-state index is 11.4. The van der Waals surface area contributed by atoms with Gasteiger partial charge in [-0.3, -0.25) is 4.79 Å². The standard InChI is InChI=1S/C12H12BrN3OS/c1-7-4-11(17)16-12(15-7)18-10-3-2-9(13)5-8(10)6-14/h2-5H,6,14H2,1H3,(H,15,16,17). The lowest BCUT2D eigenvalue weighted by Crippen LogP contribution is -2.08. The van der Waals surface area contributed by atoms with Gasteiger partial charge in [-0.05, 0) is 30.7 Å². The summed E-state index contributed by atoms with van der Waals surface area (Å²) >= 11 is 4.82. The van der Waals surface area contributed by atoms with Crippen LogP contribution in [0.15, 0.2) is 43.6 Å². The number of aromatic nitrogens is 2. The van der Waals surface area contributed by atoms with Gasteiger partial charge in [0, 0.05) is 27.7 Å². The lowest BCUT2D eigenvalue weighted by molar-refractivity contribution is 0.903. The second-order valence-corrected chi connectivity index (χ2v) is 5.70. The van der Waals surface area contributed by atoms with Crippen LogP contribution in [0.5, 0.6) is 0 Å². The second kappa shape index (κ2) is 5.69. The molecule has 1 aromatic carbocycles. The first-order valence-corrected chi connectivity index (χ1v) is 6.94. The van der Waals surface area contributed by atoms with Crippen molar-refractivity contribution < 1.29 is 0 Å². The Morgan fingerprint density at radius 3 is 2.89 bits per heavy atom. The number of aryl methyl sites for hydroxylation is 1. The zero-order valence-corrected chi connectivity index (χ0v) is 12.1. The first-order valence-electron chi connectivity index (χ1n) is 5.33. The van der Waals surface area contributed by atoms with Crippen LogP contribution in [0.25, 0.3) is 0 Å². The number of aromatic amines is 1. The number of nitrogens with two attached hydrogens (primary N) is 1. The smallest absolute Gasteiger partial charge is 0.251 e. The van der Waals surface area contributed by atoms with E-state index in [2.05, 4.69) is 25.9 Å². The Kier molecular flexibility index (Phi) is 4.21. The molecule has 4 nitrogen and oxygen atoms in total. The largest absolute Gasteiger partial charge is 0.326 e. The summed E-state index contributed by atoms with van der Waals surface area (Å²) in [4.78, 5) is 19.4. The van der Waals surface area contributed by atoms with Crippen LogP contribution >= 0.6 is 27.7 Å². The van der Waals surface area contributed by atoms with Crippen LogP contribution in [-0.2, 0) is 6.54 Å². The Balaban J connectivity index is 2.36. The van der Waals surface area contributed by atoms with Gasteiger partial charge in [-0.25, -0.2) is 4.98 Å². The highest BCUT2D eigenvalue weighted by Crippen LogP contribution is 2.29. The van der Waals surface area contributed by atoms with E-state index in [9.17, 15) is 4.79 Å². The summed E-state index contributed by atoms with van der Waals surface area (Å²) in [5.41, 5.74) is 7.28. The van der Waals surface area contributed by atoms with Crippen molar-refractivity contribution in [3.8, 4) is 0 Å². The molecule has 6 heteroatoms. The Bertz CT molecular complexity index is 627. The third kappa shape index (κ3) is 3.22. The van der Waals surface area contributed by atoms with E-state index < -0.39 is 0 Å². The van der Waals surface area contributed by atoms with E-state index >= 15 is 0 Å². The van der Waals surface area contributed by atoms with Crippen LogP contribution < -0.4 is 11.3 Å². The summed E-state index contributed by atoms with van der Waals surface area (Å²) in [5.74, 6) is 0. The zero-order chi connectivity index (χ0) is 13.1. The molecular weight excluding hydrogens is 314 g/mol. The van der Waals surface area contributed by atoms with E-state index in [1.54, 1.807) is 6.92 Å². The molecule has 0 saturated heterocycles. The topological polar surface area (TPSA) is 71.8 Å². The molecule has 3 N–H and O–H groups in total. The molecule has 0 amide bonds. The van der Waals surface area contributed by atoms with Crippen LogP contribution in [0.3, 0.4) is 0 Å². The molecule has 0 spiro atoms. The minimum atomic E-state index is -0.142. The zero-order valence-electron chi connectivity index (χ0n) is 9.74. The van der Waals surface area contributed by atoms with Gasteiger partial charge in [-0.2, -0.15) is 0 Å². The van der Waals surface area contributed by atoms with Gasteiger partial charge in [-0.1, -0.05) is 27.7 Å². The molecular formula is C12H12BrN3OS. The van der Waals surface area contributed by atoms with Gasteiger partial charge in [0.15, 0.2) is 5.16 Å². The summed E-state index contributed by atoms with van der Waals surface area (Å²) in [5, 5.41) is 0.581. The van der Waals surface area contributed by atoms with E-state index in [1.165, 1.54) is 17.8 Å². The fourth-order valence-electron chi connectivity index (χ4n) is 1.51. The Morgan fingerprint density at radius 1 is 1.44 bits per heavy atom. The number of hydrogen-bond donors (Lipinski definition) is 2. The van der Waals surface area contributed by atoms with Crippen molar-refractivity contribution in [2.75, 3.05) is 0 Å². The van der Waals surface area contributed by atoms with Gasteiger partial charge >= 0.3 is 0 Å². The summed E-state index contributed by atoms with van der Waals surface area (Å²) in [7, 11) is 0. The molecule has 0 atom stereocenters. The van der Waals surface area contributed by atoms with Crippen molar-refractivity contribution in [1.82, 2.24) is 9.97 Å². The van der Waals surface area contributed by atoms with Gasteiger partial charge in [0.05, 0.1) is 0 Å². The highest BCUT2D eigenvalue weighted by Gasteiger charge is 2.06. The minimum absolute atomic E-state index is 0.142. The summed E-state index contributed by atoms with van der Waals surface area (Å²) in [6.45, 7) is 2.24. The quantitative estimate of drug-likeness (QED) is 0.850. The molecule has 2 rings (SSSR count). The van der Waals surface area contributed by atoms with Crippen molar-refractivity contribution in [3.05, 3.63) is 50.3 Å². The SMILES string of the molecule is Cc1cc(=O)[nH]c(Sc2ccc(Br)cc2CN)n1. The molecule has 2 aromatic rings. The molecule has 1 heterocycles. The number of H-pyrrole nitrogens is 1. The first-order chi connectivity index (χ1) is 8.58. The van der Waals surface area contributed by atoms with Crippen molar-refractivity contribution in [1.29, 1.82) is 0 Å². The third-order valence-electron chi connectivity index (χ3n) is 2.30. The fraction of sp³-hybridized carbons (Fsp3) is 0.167. The molecule has 0 bridgehead atoms. The van der Waals surface area contributed by atoms with Crippen molar-refractivity contribution in [3.63, 3.8) is 0 Å². The van der Waals surface area contributed by atoms with Gasteiger partial charge in [-0.15, -0.1) is 0 Å². The van der Waals surface area contributed by atoms with Crippen LogP contribution in [0.1, 0.15) is 11.3 Å². The Labute approximate surface area is 117 Å². The van der Waals surface area contributed by atoms with Gasteiger partial charge in [0.25, 0.3) is 5.56 Å². The van der Waals surface area contributed by atoms with Crippen molar-refractivity contribution in [2.45, 2.75) is 23.5 Å². The average Bonchev–Trinajstić information content (AvgIpc) is 2.30. The highest BCUT2D eigenvalue weighted by molar-refractivity contribution is 9.10. The average molecular weight is 326 g/mol. The summed E-state index contributed by atoms with van der Waals surface area (Å²) in [6, 6.07) is 7.33. The molecule has 0 aliphatic rings. The normalized spacial score (nSPS) is 10.6. The number of halogens is 1. The fourth-order valence-corrected chi connectivity index (χ4v) is 2.88. The Morgan fingerprint density at radius 2 is 2.22 bits per heavy atom. The lowest BCUT2D eigenvalue weighted by Gasteiger charge is -2.07. The number of nitrogens with zero attached hydrogens (tertiary/aromatic N) is 1. The predicted octanol–water partition coefficient (Wildman–Crippen LogP) is 2.45. The van der Waals surface area contributed by atoms with Crippen LogP contribution in [0.2, 0.25) is 0 Å². The molecule has 1 aromatic heterocycles. The number of rotatable bonds is 3. The number of benzene rings is 1. The van der Waals surface area contributed by atoms with Crippen LogP contribution in [-0.4, -0.2) is 9.97 Å². The Hall–Kier alpha value is -1.11. The molecule has 0 unspecified atom stereocenters. The molecule has 18 heavy (non-hydrogen) atoms. The molecule has 0 fully saturated rings. The third-order valence-corrected chi connectivity index (χ3v) is 3.80. The van der Waals surface area contributed by atoms with Crippen molar-refractivity contribution in [2.24, 2.45) is 5.73 Å². The van der Waals surface area contributed by atoms with E-state index in [0.717, 1.165) is 14.9 Å². The van der Waals surface area contributed by atoms with E-state index in [0.29, 0.717) is 17.4 Å². The second-order valence-electron chi connectivity index (χ2n) is 3.75. The molecule has 0 aliphatic heterocycles. The predicted molar refractivity (Wildman–Crippen MR) is 75.8 cm³/mol. The van der Waals surface area contributed by atoms with E-state index in [4.69, 9.17) is 5.73 Å². The highest BCUT2D eigenvalue weighted by atomic mass is 79.9. The number of nitrogens with one attached hydrogen (secondary N) is 1. The van der Waals surface area contributed by atoms with Gasteiger partial charge in [0.1, 0.15) is 0 Å². The molecule has 0 aliphatic carbocycles. The number of hydrogen-bond acceptors (Lipinski definition) is 4. The maximum Gasteiger partial charge on any atom is 0.251 e. The monoisotopic (exact) mass is 325 g/mol. The first kappa shape index (κ1) is 13.3. The van der Waals surface area contributed by atoms with Gasteiger partial charge < -0.3 is 10.7 Å². The molecule has 0 saturated carbocycles. The van der Waals surface area contributed by atoms with E-state index in [-0.39, 0.29) is 5.56 Å². The van der Waals surface area contributed by atoms with Gasteiger partial charge in [0.2, 0.25) is 0 Å². The minimum Gasteiger partial charge on any atom is -0.326 e. The summed E-state index contributed by atoms with van der Waals surface area (Å²) in [6.07, 6.45) is 0. The summed E-state index contributed by atoms with van der Waals surface area (Å²) < 4.78 is 0.984.